The van der Waals surface area contributed by atoms with E-state index in [1.165, 1.54) is 0 Å². The lowest BCUT2D eigenvalue weighted by molar-refractivity contribution is -0.330. The standard InChI is InChI=1S/C17H34N2O4/c1-6-8-14-21-16(20)13-11-9-10-12-15(3)22-23-19-18-17(4,5)7-2/h15H,6-14H2,1-5H3. The fourth-order valence-corrected chi connectivity index (χ4v) is 1.62. The minimum absolute atomic E-state index is 0.0461. The molecule has 0 aromatic rings. The van der Waals surface area contributed by atoms with Gasteiger partial charge in [0.1, 0.15) is 6.10 Å². The van der Waals surface area contributed by atoms with E-state index in [0.717, 1.165) is 44.9 Å². The number of ether oxygens (including phenoxy) is 1. The summed E-state index contributed by atoms with van der Waals surface area (Å²) in [5, 5.41) is 7.63. The van der Waals surface area contributed by atoms with Crippen LogP contribution in [0.25, 0.3) is 0 Å². The van der Waals surface area contributed by atoms with Crippen LogP contribution in [0.3, 0.4) is 0 Å². The number of hydrogen-bond donors (Lipinski definition) is 0. The maximum absolute atomic E-state index is 11.4. The van der Waals surface area contributed by atoms with E-state index < -0.39 is 0 Å². The van der Waals surface area contributed by atoms with Crippen LogP contribution in [0.1, 0.15) is 86.0 Å². The van der Waals surface area contributed by atoms with Crippen molar-refractivity contribution in [1.29, 1.82) is 0 Å². The molecular weight excluding hydrogens is 296 g/mol. The minimum atomic E-state index is -0.224. The van der Waals surface area contributed by atoms with Crippen molar-refractivity contribution < 1.29 is 19.4 Å². The van der Waals surface area contributed by atoms with Gasteiger partial charge >= 0.3 is 5.97 Å². The van der Waals surface area contributed by atoms with Gasteiger partial charge < -0.3 is 4.74 Å². The Morgan fingerprint density at radius 2 is 1.87 bits per heavy atom. The Morgan fingerprint density at radius 1 is 1.13 bits per heavy atom. The Balaban J connectivity index is 3.53. The number of carbonyl (C=O) groups excluding carboxylic acids is 1. The second-order valence-corrected chi connectivity index (χ2v) is 6.50. The fourth-order valence-electron chi connectivity index (χ4n) is 1.62. The van der Waals surface area contributed by atoms with E-state index in [-0.39, 0.29) is 17.6 Å². The van der Waals surface area contributed by atoms with Crippen LogP contribution in [-0.2, 0) is 19.4 Å². The second kappa shape index (κ2) is 13.3. The molecule has 0 radical (unpaired) electrons. The first-order valence-corrected chi connectivity index (χ1v) is 8.81. The summed E-state index contributed by atoms with van der Waals surface area (Å²) in [7, 11) is 0. The summed E-state index contributed by atoms with van der Waals surface area (Å²) < 4.78 is 5.11. The lowest BCUT2D eigenvalue weighted by Crippen LogP contribution is -2.14. The molecule has 1 unspecified atom stereocenters. The van der Waals surface area contributed by atoms with Crippen LogP contribution in [-0.4, -0.2) is 24.2 Å². The largest absolute Gasteiger partial charge is 0.466 e. The molecule has 0 saturated heterocycles. The SMILES string of the molecule is CCCCOC(=O)CCCCCC(C)OON=NC(C)(C)CC. The molecule has 23 heavy (non-hydrogen) atoms. The summed E-state index contributed by atoms with van der Waals surface area (Å²) in [6, 6.07) is 0. The second-order valence-electron chi connectivity index (χ2n) is 6.50. The predicted octanol–water partition coefficient (Wildman–Crippen LogP) is 5.17. The van der Waals surface area contributed by atoms with E-state index in [4.69, 9.17) is 14.6 Å². The van der Waals surface area contributed by atoms with Crippen LogP contribution < -0.4 is 0 Å². The predicted molar refractivity (Wildman–Crippen MR) is 89.8 cm³/mol. The highest BCUT2D eigenvalue weighted by Gasteiger charge is 2.13. The molecule has 0 amide bonds. The van der Waals surface area contributed by atoms with Gasteiger partial charge in [-0.3, -0.25) is 4.79 Å². The molecule has 0 aliphatic heterocycles. The third kappa shape index (κ3) is 14.2. The van der Waals surface area contributed by atoms with Gasteiger partial charge in [-0.1, -0.05) is 33.1 Å². The number of nitrogens with zero attached hydrogens (tertiary/aromatic N) is 2. The highest BCUT2D eigenvalue weighted by atomic mass is 17.3. The maximum Gasteiger partial charge on any atom is 0.305 e. The molecule has 0 aliphatic rings. The topological polar surface area (TPSA) is 69.5 Å². The average molecular weight is 330 g/mol. The Bertz CT molecular complexity index is 333. The minimum Gasteiger partial charge on any atom is -0.466 e. The molecule has 6 nitrogen and oxygen atoms in total. The van der Waals surface area contributed by atoms with Gasteiger partial charge in [-0.05, 0) is 46.5 Å². The molecule has 0 fully saturated rings. The van der Waals surface area contributed by atoms with E-state index in [9.17, 15) is 4.79 Å². The normalized spacial score (nSPS) is 13.3. The van der Waals surface area contributed by atoms with Gasteiger partial charge in [0.25, 0.3) is 0 Å². The monoisotopic (exact) mass is 330 g/mol. The zero-order valence-corrected chi connectivity index (χ0v) is 15.5. The van der Waals surface area contributed by atoms with Gasteiger partial charge in [-0.25, -0.2) is 0 Å². The fraction of sp³-hybridized carbons (Fsp3) is 0.941. The van der Waals surface area contributed by atoms with Gasteiger partial charge in [0.2, 0.25) is 0 Å². The molecule has 0 heterocycles. The molecule has 0 aliphatic carbocycles. The summed E-state index contributed by atoms with van der Waals surface area (Å²) in [5.41, 5.74) is -0.224. The van der Waals surface area contributed by atoms with E-state index in [0.29, 0.717) is 13.0 Å². The van der Waals surface area contributed by atoms with Gasteiger partial charge in [0.05, 0.1) is 17.4 Å². The number of rotatable bonds is 14. The number of esters is 1. The molecule has 0 rings (SSSR count). The first-order chi connectivity index (χ1) is 10.9. The van der Waals surface area contributed by atoms with Crippen molar-refractivity contribution in [3.05, 3.63) is 0 Å². The zero-order valence-electron chi connectivity index (χ0n) is 15.5. The van der Waals surface area contributed by atoms with Crippen molar-refractivity contribution >= 4 is 5.97 Å². The van der Waals surface area contributed by atoms with Crippen LogP contribution in [0.5, 0.6) is 0 Å². The van der Waals surface area contributed by atoms with Crippen molar-refractivity contribution in [1.82, 2.24) is 0 Å². The smallest absolute Gasteiger partial charge is 0.305 e. The molecule has 1 atom stereocenters. The van der Waals surface area contributed by atoms with E-state index >= 15 is 0 Å². The van der Waals surface area contributed by atoms with Crippen LogP contribution in [0.4, 0.5) is 0 Å². The van der Waals surface area contributed by atoms with Gasteiger partial charge in [0.15, 0.2) is 0 Å². The van der Waals surface area contributed by atoms with Crippen LogP contribution in [0.15, 0.2) is 10.4 Å². The molecule has 0 aromatic carbocycles. The zero-order chi connectivity index (χ0) is 17.6. The van der Waals surface area contributed by atoms with Crippen molar-refractivity contribution in [3.8, 4) is 0 Å². The first-order valence-electron chi connectivity index (χ1n) is 8.81. The summed E-state index contributed by atoms with van der Waals surface area (Å²) in [4.78, 5) is 21.3. The third-order valence-corrected chi connectivity index (χ3v) is 3.67. The van der Waals surface area contributed by atoms with Crippen molar-refractivity contribution in [2.45, 2.75) is 97.6 Å². The molecule has 136 valence electrons. The Hall–Kier alpha value is -1.17. The molecule has 0 aromatic heterocycles. The van der Waals surface area contributed by atoms with Gasteiger partial charge in [-0.15, -0.1) is 5.11 Å². The van der Waals surface area contributed by atoms with Gasteiger partial charge in [-0.2, -0.15) is 9.88 Å². The number of hydrogen-bond acceptors (Lipinski definition) is 6. The quantitative estimate of drug-likeness (QED) is 0.145. The first kappa shape index (κ1) is 21.8. The molecule has 0 saturated carbocycles. The van der Waals surface area contributed by atoms with Crippen molar-refractivity contribution in [2.24, 2.45) is 10.4 Å². The van der Waals surface area contributed by atoms with Crippen LogP contribution in [0.2, 0.25) is 0 Å². The Kier molecular flexibility index (Phi) is 12.6. The molecule has 0 spiro atoms. The molecule has 6 heteroatoms. The molecular formula is C17H34N2O4. The average Bonchev–Trinajstić information content (AvgIpc) is 2.51. The Labute approximate surface area is 140 Å². The maximum atomic E-state index is 11.4. The Morgan fingerprint density at radius 3 is 2.52 bits per heavy atom. The van der Waals surface area contributed by atoms with Gasteiger partial charge in [0, 0.05) is 6.42 Å². The number of unbranched alkanes of at least 4 members (excludes halogenated alkanes) is 3. The van der Waals surface area contributed by atoms with E-state index in [2.05, 4.69) is 17.3 Å². The summed E-state index contributed by atoms with van der Waals surface area (Å²) in [6.07, 6.45) is 6.98. The van der Waals surface area contributed by atoms with E-state index in [1.54, 1.807) is 0 Å². The highest BCUT2D eigenvalue weighted by molar-refractivity contribution is 5.69. The summed E-state index contributed by atoms with van der Waals surface area (Å²) in [6.45, 7) is 10.6. The number of carbonyl (C=O) groups is 1. The van der Waals surface area contributed by atoms with Crippen LogP contribution in [0, 0.1) is 0 Å². The third-order valence-electron chi connectivity index (χ3n) is 3.67. The van der Waals surface area contributed by atoms with Crippen LogP contribution >= 0.6 is 0 Å². The van der Waals surface area contributed by atoms with E-state index in [1.807, 2.05) is 27.7 Å². The lowest BCUT2D eigenvalue weighted by atomic mass is 10.0. The van der Waals surface area contributed by atoms with Crippen molar-refractivity contribution in [2.75, 3.05) is 6.61 Å². The summed E-state index contributed by atoms with van der Waals surface area (Å²) >= 11 is 0. The summed E-state index contributed by atoms with van der Waals surface area (Å²) in [5.74, 6) is -0.0926. The molecule has 0 bridgehead atoms. The van der Waals surface area contributed by atoms with Crippen molar-refractivity contribution in [3.63, 3.8) is 0 Å². The molecule has 0 N–H and O–H groups in total. The lowest BCUT2D eigenvalue weighted by Gasteiger charge is -2.13. The highest BCUT2D eigenvalue weighted by Crippen LogP contribution is 2.14.